The molecule has 1 aliphatic heterocycles. The Bertz CT molecular complexity index is 1330. The van der Waals surface area contributed by atoms with Crippen LogP contribution in [0.1, 0.15) is 37.3 Å². The Labute approximate surface area is 196 Å². The number of aliphatic hydroxyl groups is 1. The second-order valence-electron chi connectivity index (χ2n) is 8.96. The van der Waals surface area contributed by atoms with E-state index in [1.165, 1.54) is 12.1 Å². The lowest BCUT2D eigenvalue weighted by Crippen LogP contribution is -2.32. The van der Waals surface area contributed by atoms with Crippen molar-refractivity contribution in [3.8, 4) is 22.4 Å². The maximum absolute atomic E-state index is 14.2. The van der Waals surface area contributed by atoms with E-state index in [4.69, 9.17) is 21.7 Å². The van der Waals surface area contributed by atoms with Crippen LogP contribution in [0.25, 0.3) is 28.0 Å². The van der Waals surface area contributed by atoms with Crippen LogP contribution in [0.2, 0.25) is 5.02 Å². The van der Waals surface area contributed by atoms with Crippen molar-refractivity contribution in [2.24, 2.45) is 0 Å². The average molecular weight is 463 g/mol. The summed E-state index contributed by atoms with van der Waals surface area (Å²) in [5, 5.41) is 15.6. The quantitative estimate of drug-likeness (QED) is 0.413. The molecule has 0 radical (unpaired) electrons. The summed E-state index contributed by atoms with van der Waals surface area (Å²) in [7, 11) is 0. The molecule has 1 unspecified atom stereocenters. The van der Waals surface area contributed by atoms with Gasteiger partial charge in [-0.2, -0.15) is 5.10 Å². The van der Waals surface area contributed by atoms with Gasteiger partial charge in [0.25, 0.3) is 0 Å². The van der Waals surface area contributed by atoms with E-state index in [-0.39, 0.29) is 18.5 Å². The zero-order valence-electron chi connectivity index (χ0n) is 18.1. The van der Waals surface area contributed by atoms with Crippen molar-refractivity contribution in [1.82, 2.24) is 14.6 Å². The van der Waals surface area contributed by atoms with Gasteiger partial charge in [0.1, 0.15) is 11.6 Å². The average Bonchev–Trinajstić information content (AvgIpc) is 3.43. The summed E-state index contributed by atoms with van der Waals surface area (Å²) in [6.45, 7) is 0.912. The van der Waals surface area contributed by atoms with E-state index < -0.39 is 0 Å². The lowest BCUT2D eigenvalue weighted by molar-refractivity contribution is 0.266. The molecule has 2 aliphatic rings. The summed E-state index contributed by atoms with van der Waals surface area (Å²) in [6.07, 6.45) is 4.13. The van der Waals surface area contributed by atoms with Gasteiger partial charge < -0.3 is 10.0 Å². The number of benzene rings is 2. The Hall–Kier alpha value is -2.96. The normalized spacial score (nSPS) is 18.4. The van der Waals surface area contributed by atoms with Crippen molar-refractivity contribution in [1.29, 1.82) is 0 Å². The molecular formula is C26H24ClFN4O. The molecule has 1 N–H and O–H groups in total. The van der Waals surface area contributed by atoms with Gasteiger partial charge in [-0.1, -0.05) is 35.9 Å². The molecule has 7 heteroatoms. The van der Waals surface area contributed by atoms with Gasteiger partial charge in [-0.15, -0.1) is 0 Å². The van der Waals surface area contributed by atoms with E-state index in [1.807, 2.05) is 40.9 Å². The first-order chi connectivity index (χ1) is 16.1. The SMILES string of the molecule is OCC1CCCN1c1cc(-c2cccc(F)c2)n2nc(C3CC3)c(-c3ccc(Cl)cc3)c2n1. The third-order valence-electron chi connectivity index (χ3n) is 6.70. The van der Waals surface area contributed by atoms with E-state index in [9.17, 15) is 9.50 Å². The fourth-order valence-corrected chi connectivity index (χ4v) is 5.01. The summed E-state index contributed by atoms with van der Waals surface area (Å²) in [5.41, 5.74) is 5.34. The molecule has 5 nitrogen and oxygen atoms in total. The molecule has 6 rings (SSSR count). The number of fused-ring (bicyclic) bond motifs is 1. The molecule has 1 aliphatic carbocycles. The number of rotatable bonds is 5. The molecule has 2 fully saturated rings. The molecule has 1 atom stereocenters. The highest BCUT2D eigenvalue weighted by Gasteiger charge is 2.33. The van der Waals surface area contributed by atoms with Crippen LogP contribution in [-0.2, 0) is 0 Å². The second-order valence-corrected chi connectivity index (χ2v) is 9.40. The van der Waals surface area contributed by atoms with Crippen LogP contribution in [-0.4, -0.2) is 38.9 Å². The van der Waals surface area contributed by atoms with Gasteiger partial charge in [0.05, 0.1) is 29.6 Å². The van der Waals surface area contributed by atoms with Gasteiger partial charge in [0.2, 0.25) is 0 Å². The van der Waals surface area contributed by atoms with Gasteiger partial charge >= 0.3 is 0 Å². The van der Waals surface area contributed by atoms with Crippen LogP contribution in [0.15, 0.2) is 54.6 Å². The van der Waals surface area contributed by atoms with E-state index >= 15 is 0 Å². The summed E-state index contributed by atoms with van der Waals surface area (Å²) in [6, 6.07) is 16.4. The zero-order chi connectivity index (χ0) is 22.5. The van der Waals surface area contributed by atoms with Crippen LogP contribution < -0.4 is 4.90 Å². The van der Waals surface area contributed by atoms with Crippen molar-refractivity contribution < 1.29 is 9.50 Å². The number of hydrogen-bond acceptors (Lipinski definition) is 4. The van der Waals surface area contributed by atoms with Crippen molar-refractivity contribution in [2.75, 3.05) is 18.1 Å². The van der Waals surface area contributed by atoms with E-state index in [0.717, 1.165) is 71.8 Å². The molecule has 168 valence electrons. The fraction of sp³-hybridized carbons (Fsp3) is 0.308. The van der Waals surface area contributed by atoms with E-state index in [2.05, 4.69) is 4.90 Å². The third kappa shape index (κ3) is 3.67. The Morgan fingerprint density at radius 3 is 2.58 bits per heavy atom. The van der Waals surface area contributed by atoms with Crippen molar-refractivity contribution in [3.63, 3.8) is 0 Å². The van der Waals surface area contributed by atoms with Crippen LogP contribution in [0.3, 0.4) is 0 Å². The zero-order valence-corrected chi connectivity index (χ0v) is 18.8. The number of halogens is 2. The Kier molecular flexibility index (Phi) is 5.07. The van der Waals surface area contributed by atoms with Gasteiger partial charge in [-0.05, 0) is 55.5 Å². The Morgan fingerprint density at radius 1 is 1.03 bits per heavy atom. The molecule has 1 saturated carbocycles. The molecule has 2 aromatic carbocycles. The highest BCUT2D eigenvalue weighted by molar-refractivity contribution is 6.30. The summed E-state index contributed by atoms with van der Waals surface area (Å²) >= 11 is 6.17. The largest absolute Gasteiger partial charge is 0.394 e. The molecule has 1 saturated heterocycles. The van der Waals surface area contributed by atoms with Crippen LogP contribution in [0, 0.1) is 5.82 Å². The minimum atomic E-state index is -0.291. The molecule has 4 aromatic rings. The molecule has 33 heavy (non-hydrogen) atoms. The number of aromatic nitrogens is 3. The van der Waals surface area contributed by atoms with Crippen LogP contribution >= 0.6 is 11.6 Å². The maximum Gasteiger partial charge on any atom is 0.166 e. The van der Waals surface area contributed by atoms with Gasteiger partial charge in [0, 0.05) is 29.1 Å². The standard InChI is InChI=1S/C26H24ClFN4O/c27-19-10-8-16(9-11-19)24-25(17-6-7-17)30-32-22(18-3-1-4-20(28)13-18)14-23(29-26(24)32)31-12-2-5-21(31)15-33/h1,3-4,8-11,13-14,17,21,33H,2,5-7,12,15H2. The predicted octanol–water partition coefficient (Wildman–Crippen LogP) is 5.69. The van der Waals surface area contributed by atoms with E-state index in [0.29, 0.717) is 10.9 Å². The predicted molar refractivity (Wildman–Crippen MR) is 128 cm³/mol. The van der Waals surface area contributed by atoms with E-state index in [1.54, 1.807) is 6.07 Å². The molecular weight excluding hydrogens is 439 g/mol. The summed E-state index contributed by atoms with van der Waals surface area (Å²) in [5.74, 6) is 0.898. The van der Waals surface area contributed by atoms with Crippen molar-refractivity contribution in [3.05, 3.63) is 71.1 Å². The molecule has 0 amide bonds. The van der Waals surface area contributed by atoms with Crippen molar-refractivity contribution in [2.45, 2.75) is 37.6 Å². The Morgan fingerprint density at radius 2 is 1.85 bits per heavy atom. The molecule has 0 bridgehead atoms. The number of anilines is 1. The van der Waals surface area contributed by atoms with Crippen LogP contribution in [0.5, 0.6) is 0 Å². The number of nitrogens with zero attached hydrogens (tertiary/aromatic N) is 4. The summed E-state index contributed by atoms with van der Waals surface area (Å²) in [4.78, 5) is 7.25. The first-order valence-electron chi connectivity index (χ1n) is 11.5. The Balaban J connectivity index is 1.64. The van der Waals surface area contributed by atoms with Crippen molar-refractivity contribution >= 4 is 23.1 Å². The monoisotopic (exact) mass is 462 g/mol. The number of hydrogen-bond donors (Lipinski definition) is 1. The lowest BCUT2D eigenvalue weighted by atomic mass is 10.0. The molecule has 0 spiro atoms. The van der Waals surface area contributed by atoms with Crippen LogP contribution in [0.4, 0.5) is 10.2 Å². The maximum atomic E-state index is 14.2. The highest BCUT2D eigenvalue weighted by atomic mass is 35.5. The fourth-order valence-electron chi connectivity index (χ4n) is 4.88. The second kappa shape index (κ2) is 8.12. The first kappa shape index (κ1) is 20.6. The topological polar surface area (TPSA) is 53.7 Å². The number of aliphatic hydroxyl groups excluding tert-OH is 1. The minimum Gasteiger partial charge on any atom is -0.394 e. The molecule has 3 heterocycles. The highest BCUT2D eigenvalue weighted by Crippen LogP contribution is 2.46. The molecule has 2 aromatic heterocycles. The summed E-state index contributed by atoms with van der Waals surface area (Å²) < 4.78 is 16.1. The van der Waals surface area contributed by atoms with Gasteiger partial charge in [-0.25, -0.2) is 13.9 Å². The van der Waals surface area contributed by atoms with Gasteiger partial charge in [0.15, 0.2) is 5.65 Å². The first-order valence-corrected chi connectivity index (χ1v) is 11.8. The smallest absolute Gasteiger partial charge is 0.166 e. The minimum absolute atomic E-state index is 0.0325. The van der Waals surface area contributed by atoms with Gasteiger partial charge in [-0.3, -0.25) is 0 Å². The third-order valence-corrected chi connectivity index (χ3v) is 6.95. The lowest BCUT2D eigenvalue weighted by Gasteiger charge is -2.25.